The number of rotatable bonds is 3. The van der Waals surface area contributed by atoms with Gasteiger partial charge in [0.05, 0.1) is 11.8 Å². The fraction of sp³-hybridized carbons (Fsp3) is 0.235. The zero-order valence-electron chi connectivity index (χ0n) is 14.0. The second-order valence-corrected chi connectivity index (χ2v) is 7.18. The summed E-state index contributed by atoms with van der Waals surface area (Å²) in [5.41, 5.74) is -1.30. The summed E-state index contributed by atoms with van der Waals surface area (Å²) in [4.78, 5) is 16.3. The average Bonchev–Trinajstić information content (AvgIpc) is 2.90. The summed E-state index contributed by atoms with van der Waals surface area (Å²) in [5.74, 6) is -0.918. The maximum atomic E-state index is 13.6. The van der Waals surface area contributed by atoms with Crippen LogP contribution in [0, 0.1) is 0 Å². The molecule has 2 heterocycles. The fourth-order valence-corrected chi connectivity index (χ4v) is 2.86. The van der Waals surface area contributed by atoms with E-state index in [0.29, 0.717) is 10.1 Å². The van der Waals surface area contributed by atoms with E-state index in [4.69, 9.17) is 16.3 Å². The Balaban J connectivity index is 2.25. The predicted octanol–water partition coefficient (Wildman–Crippen LogP) is 5.40. The van der Waals surface area contributed by atoms with Crippen LogP contribution in [-0.2, 0) is 10.9 Å². The van der Waals surface area contributed by atoms with Crippen LogP contribution in [0.4, 0.5) is 13.2 Å². The van der Waals surface area contributed by atoms with Gasteiger partial charge in [0, 0.05) is 10.0 Å². The van der Waals surface area contributed by atoms with Crippen LogP contribution >= 0.6 is 27.5 Å². The highest BCUT2D eigenvalue weighted by Gasteiger charge is 2.37. The molecule has 2 aromatic heterocycles. The SMILES string of the molecule is CC(C)OC(=O)c1nn2c(C(F)(F)F)cc(-c3ccc(Br)cc3)nc2c1Cl. The van der Waals surface area contributed by atoms with Gasteiger partial charge in [-0.2, -0.15) is 18.3 Å². The third kappa shape index (κ3) is 3.93. The molecule has 0 N–H and O–H groups in total. The maximum absolute atomic E-state index is 13.6. The first-order valence-corrected chi connectivity index (χ1v) is 8.88. The third-order valence-corrected chi connectivity index (χ3v) is 4.38. The molecule has 0 aliphatic heterocycles. The lowest BCUT2D eigenvalue weighted by Gasteiger charge is -2.11. The lowest BCUT2D eigenvalue weighted by Crippen LogP contribution is -2.15. The number of esters is 1. The van der Waals surface area contributed by atoms with Crippen LogP contribution in [0.15, 0.2) is 34.8 Å². The summed E-state index contributed by atoms with van der Waals surface area (Å²) in [6.07, 6.45) is -5.22. The number of fused-ring (bicyclic) bond motifs is 1. The standard InChI is InChI=1S/C17H12BrClF3N3O2/c1-8(2)27-16(26)14-13(19)15-23-11(9-3-5-10(18)6-4-9)7-12(17(20,21)22)25(15)24-14/h3-8H,1-2H3. The number of hydrogen-bond donors (Lipinski definition) is 0. The summed E-state index contributed by atoms with van der Waals surface area (Å²) >= 11 is 9.39. The van der Waals surface area contributed by atoms with E-state index in [9.17, 15) is 18.0 Å². The highest BCUT2D eigenvalue weighted by atomic mass is 79.9. The molecular weight excluding hydrogens is 451 g/mol. The Morgan fingerprint density at radius 2 is 1.89 bits per heavy atom. The number of nitrogens with zero attached hydrogens (tertiary/aromatic N) is 3. The molecule has 0 saturated carbocycles. The first-order chi connectivity index (χ1) is 12.6. The molecule has 0 unspecified atom stereocenters. The van der Waals surface area contributed by atoms with E-state index in [1.54, 1.807) is 38.1 Å². The minimum atomic E-state index is -4.74. The molecule has 0 aliphatic rings. The van der Waals surface area contributed by atoms with E-state index in [1.807, 2.05) is 0 Å². The van der Waals surface area contributed by atoms with Crippen molar-refractivity contribution in [1.82, 2.24) is 14.6 Å². The van der Waals surface area contributed by atoms with Crippen molar-refractivity contribution in [2.45, 2.75) is 26.1 Å². The first-order valence-electron chi connectivity index (χ1n) is 7.71. The largest absolute Gasteiger partial charge is 0.458 e. The Hall–Kier alpha value is -2.13. The Morgan fingerprint density at radius 3 is 2.44 bits per heavy atom. The van der Waals surface area contributed by atoms with Crippen LogP contribution in [-0.4, -0.2) is 26.7 Å². The van der Waals surface area contributed by atoms with Crippen molar-refractivity contribution in [1.29, 1.82) is 0 Å². The Labute approximate surface area is 165 Å². The zero-order chi connectivity index (χ0) is 19.9. The van der Waals surface area contributed by atoms with E-state index in [1.165, 1.54) is 0 Å². The number of alkyl halides is 3. The van der Waals surface area contributed by atoms with Crippen LogP contribution in [0.2, 0.25) is 5.02 Å². The second-order valence-electron chi connectivity index (χ2n) is 5.88. The van der Waals surface area contributed by atoms with Gasteiger partial charge in [0.2, 0.25) is 0 Å². The van der Waals surface area contributed by atoms with Crippen LogP contribution in [0.25, 0.3) is 16.9 Å². The normalized spacial score (nSPS) is 12.0. The zero-order valence-corrected chi connectivity index (χ0v) is 16.4. The summed E-state index contributed by atoms with van der Waals surface area (Å²) < 4.78 is 47.0. The molecule has 1 aromatic carbocycles. The minimum absolute atomic E-state index is 0.0490. The van der Waals surface area contributed by atoms with Crippen molar-refractivity contribution in [2.24, 2.45) is 0 Å². The molecular formula is C17H12BrClF3N3O2. The molecule has 10 heteroatoms. The molecule has 0 radical (unpaired) electrons. The Morgan fingerprint density at radius 1 is 1.26 bits per heavy atom. The molecule has 0 fully saturated rings. The van der Waals surface area contributed by atoms with E-state index in [-0.39, 0.29) is 16.4 Å². The third-order valence-electron chi connectivity index (χ3n) is 3.50. The maximum Gasteiger partial charge on any atom is 0.433 e. The minimum Gasteiger partial charge on any atom is -0.458 e. The van der Waals surface area contributed by atoms with Gasteiger partial charge in [0.15, 0.2) is 17.0 Å². The molecule has 0 amide bonds. The van der Waals surface area contributed by atoms with E-state index in [2.05, 4.69) is 26.0 Å². The van der Waals surface area contributed by atoms with Gasteiger partial charge < -0.3 is 4.74 Å². The van der Waals surface area contributed by atoms with Gasteiger partial charge in [-0.05, 0) is 32.0 Å². The van der Waals surface area contributed by atoms with Crippen molar-refractivity contribution in [3.63, 3.8) is 0 Å². The second kappa shape index (κ2) is 7.12. The Bertz CT molecular complexity index is 1020. The number of benzene rings is 1. The predicted molar refractivity (Wildman–Crippen MR) is 96.7 cm³/mol. The van der Waals surface area contributed by atoms with E-state index in [0.717, 1.165) is 10.5 Å². The van der Waals surface area contributed by atoms with Crippen LogP contribution < -0.4 is 0 Å². The van der Waals surface area contributed by atoms with Gasteiger partial charge in [0.1, 0.15) is 5.02 Å². The van der Waals surface area contributed by atoms with Crippen molar-refractivity contribution in [2.75, 3.05) is 0 Å². The summed E-state index contributed by atoms with van der Waals surface area (Å²) in [5, 5.41) is 3.40. The van der Waals surface area contributed by atoms with Gasteiger partial charge in [0.25, 0.3) is 0 Å². The summed E-state index contributed by atoms with van der Waals surface area (Å²) in [6, 6.07) is 7.44. The Kier molecular flexibility index (Phi) is 5.18. The topological polar surface area (TPSA) is 56.5 Å². The van der Waals surface area contributed by atoms with E-state index < -0.39 is 29.6 Å². The number of carbonyl (C=O) groups is 1. The van der Waals surface area contributed by atoms with Crippen molar-refractivity contribution < 1.29 is 22.7 Å². The average molecular weight is 463 g/mol. The highest BCUT2D eigenvalue weighted by Crippen LogP contribution is 2.35. The number of ether oxygens (including phenoxy) is 1. The number of aromatic nitrogens is 3. The van der Waals surface area contributed by atoms with Gasteiger partial charge in [-0.15, -0.1) is 0 Å². The monoisotopic (exact) mass is 461 g/mol. The van der Waals surface area contributed by atoms with Gasteiger partial charge in [-0.1, -0.05) is 39.7 Å². The van der Waals surface area contributed by atoms with Crippen molar-refractivity contribution >= 4 is 39.1 Å². The molecule has 0 saturated heterocycles. The quantitative estimate of drug-likeness (QED) is 0.489. The van der Waals surface area contributed by atoms with Gasteiger partial charge in [-0.25, -0.2) is 14.3 Å². The fourth-order valence-electron chi connectivity index (χ4n) is 2.36. The molecule has 0 atom stereocenters. The molecule has 27 heavy (non-hydrogen) atoms. The summed E-state index contributed by atoms with van der Waals surface area (Å²) in [6.45, 7) is 3.21. The highest BCUT2D eigenvalue weighted by molar-refractivity contribution is 9.10. The molecule has 3 aromatic rings. The van der Waals surface area contributed by atoms with Crippen LogP contribution in [0.5, 0.6) is 0 Å². The lowest BCUT2D eigenvalue weighted by atomic mass is 10.1. The lowest BCUT2D eigenvalue weighted by molar-refractivity contribution is -0.142. The number of hydrogen-bond acceptors (Lipinski definition) is 4. The molecule has 5 nitrogen and oxygen atoms in total. The van der Waals surface area contributed by atoms with E-state index >= 15 is 0 Å². The number of halogens is 5. The van der Waals surface area contributed by atoms with Crippen LogP contribution in [0.3, 0.4) is 0 Å². The molecule has 0 spiro atoms. The summed E-state index contributed by atoms with van der Waals surface area (Å²) in [7, 11) is 0. The van der Waals surface area contributed by atoms with Gasteiger partial charge in [-0.3, -0.25) is 0 Å². The molecule has 0 aliphatic carbocycles. The molecule has 3 rings (SSSR count). The van der Waals surface area contributed by atoms with Crippen LogP contribution in [0.1, 0.15) is 30.0 Å². The molecule has 142 valence electrons. The van der Waals surface area contributed by atoms with Gasteiger partial charge >= 0.3 is 12.1 Å². The number of carbonyl (C=O) groups excluding carboxylic acids is 1. The first kappa shape index (κ1) is 19.6. The molecule has 0 bridgehead atoms. The smallest absolute Gasteiger partial charge is 0.433 e. The van der Waals surface area contributed by atoms with Crippen molar-refractivity contribution in [3.8, 4) is 11.3 Å². The van der Waals surface area contributed by atoms with Crippen molar-refractivity contribution in [3.05, 3.63) is 51.2 Å².